The molecule has 5 aromatic rings. The van der Waals surface area contributed by atoms with E-state index in [4.69, 9.17) is 14.0 Å². The number of aromatic amines is 1. The molecule has 0 aliphatic carbocycles. The molecule has 0 bridgehead atoms. The van der Waals surface area contributed by atoms with Crippen molar-refractivity contribution in [1.29, 1.82) is 0 Å². The maximum absolute atomic E-state index is 13.0. The molecule has 0 unspecified atom stereocenters. The lowest BCUT2D eigenvalue weighted by Gasteiger charge is -2.07. The second-order valence-corrected chi connectivity index (χ2v) is 8.23. The number of rotatable bonds is 8. The van der Waals surface area contributed by atoms with Gasteiger partial charge in [0.2, 0.25) is 5.82 Å². The molecule has 182 valence electrons. The van der Waals surface area contributed by atoms with Crippen LogP contribution in [-0.2, 0) is 13.0 Å². The van der Waals surface area contributed by atoms with Crippen molar-refractivity contribution in [2.75, 3.05) is 14.2 Å². The fraction of sp³-hybridized carbons (Fsp3) is 0.185. The Morgan fingerprint density at radius 3 is 2.58 bits per heavy atom. The van der Waals surface area contributed by atoms with Gasteiger partial charge in [-0.2, -0.15) is 4.98 Å². The van der Waals surface area contributed by atoms with E-state index in [1.165, 1.54) is 10.1 Å². The smallest absolute Gasteiger partial charge is 0.328 e. The average molecular weight is 485 g/mol. The van der Waals surface area contributed by atoms with E-state index in [0.717, 1.165) is 6.42 Å². The molecule has 0 atom stereocenters. The van der Waals surface area contributed by atoms with Crippen LogP contribution in [0.25, 0.3) is 33.7 Å². The van der Waals surface area contributed by atoms with Gasteiger partial charge in [0.1, 0.15) is 11.5 Å². The maximum atomic E-state index is 13.0. The highest BCUT2D eigenvalue weighted by Gasteiger charge is 2.17. The normalized spacial score (nSPS) is 11.1. The van der Waals surface area contributed by atoms with Gasteiger partial charge in [-0.25, -0.2) is 4.79 Å². The lowest BCUT2D eigenvalue weighted by molar-refractivity contribution is 0.394. The maximum Gasteiger partial charge on any atom is 0.328 e. The van der Waals surface area contributed by atoms with E-state index >= 15 is 0 Å². The third-order valence-corrected chi connectivity index (χ3v) is 5.99. The zero-order valence-corrected chi connectivity index (χ0v) is 19.9. The van der Waals surface area contributed by atoms with E-state index in [-0.39, 0.29) is 11.4 Å². The summed E-state index contributed by atoms with van der Waals surface area (Å²) in [4.78, 5) is 33.0. The predicted octanol–water partition coefficient (Wildman–Crippen LogP) is 4.06. The largest absolute Gasteiger partial charge is 0.497 e. The minimum Gasteiger partial charge on any atom is -0.497 e. The van der Waals surface area contributed by atoms with Gasteiger partial charge in [0.15, 0.2) is 0 Å². The predicted molar refractivity (Wildman–Crippen MR) is 135 cm³/mol. The molecular formula is C27H24N4O5. The zero-order valence-electron chi connectivity index (χ0n) is 19.9. The van der Waals surface area contributed by atoms with Crippen molar-refractivity contribution < 1.29 is 14.0 Å². The lowest BCUT2D eigenvalue weighted by atomic mass is 10.1. The minimum absolute atomic E-state index is 0.248. The summed E-state index contributed by atoms with van der Waals surface area (Å²) in [5, 5.41) is 4.48. The number of fused-ring (bicyclic) bond motifs is 1. The lowest BCUT2D eigenvalue weighted by Crippen LogP contribution is -2.35. The molecule has 9 nitrogen and oxygen atoms in total. The molecule has 0 saturated carbocycles. The standard InChI is InChI=1S/C27H24N4O5/c1-34-19-11-13-21(23(16-19)35-2)24-29-25(36-30-24)18-10-12-20-22(15-18)28-27(33)31(26(20)32)14-6-9-17-7-4-3-5-8-17/h3-5,7-8,10-13,15-16H,6,9,14H2,1-2H3,(H,28,33). The van der Waals surface area contributed by atoms with Crippen LogP contribution in [0.1, 0.15) is 12.0 Å². The molecule has 0 amide bonds. The van der Waals surface area contributed by atoms with Gasteiger partial charge >= 0.3 is 5.69 Å². The average Bonchev–Trinajstić information content (AvgIpc) is 3.40. The molecule has 0 radical (unpaired) electrons. The van der Waals surface area contributed by atoms with Crippen LogP contribution in [0, 0.1) is 0 Å². The van der Waals surface area contributed by atoms with Crippen LogP contribution < -0.4 is 20.7 Å². The number of nitrogens with one attached hydrogen (secondary N) is 1. The molecule has 0 saturated heterocycles. The van der Waals surface area contributed by atoms with E-state index in [0.29, 0.717) is 52.3 Å². The van der Waals surface area contributed by atoms with Gasteiger partial charge in [-0.05, 0) is 48.7 Å². The minimum atomic E-state index is -0.452. The fourth-order valence-electron chi connectivity index (χ4n) is 4.11. The number of H-pyrrole nitrogens is 1. The summed E-state index contributed by atoms with van der Waals surface area (Å²) >= 11 is 0. The summed E-state index contributed by atoms with van der Waals surface area (Å²) in [5.41, 5.74) is 2.00. The summed E-state index contributed by atoms with van der Waals surface area (Å²) in [6, 6.07) is 20.3. The first-order valence-electron chi connectivity index (χ1n) is 11.4. The van der Waals surface area contributed by atoms with Gasteiger partial charge in [-0.15, -0.1) is 0 Å². The summed E-state index contributed by atoms with van der Waals surface area (Å²) < 4.78 is 17.4. The Morgan fingerprint density at radius 1 is 0.972 bits per heavy atom. The topological polar surface area (TPSA) is 112 Å². The highest BCUT2D eigenvalue weighted by atomic mass is 16.5. The SMILES string of the molecule is COc1ccc(-c2noc(-c3ccc4c(=O)n(CCCc5ccccc5)c(=O)[nH]c4c3)n2)c(OC)c1. The van der Waals surface area contributed by atoms with Crippen LogP contribution in [0.2, 0.25) is 0 Å². The van der Waals surface area contributed by atoms with Gasteiger partial charge in [0, 0.05) is 18.2 Å². The highest BCUT2D eigenvalue weighted by Crippen LogP contribution is 2.33. The molecule has 5 rings (SSSR count). The van der Waals surface area contributed by atoms with Crippen LogP contribution >= 0.6 is 0 Å². The van der Waals surface area contributed by atoms with Gasteiger partial charge in [0.25, 0.3) is 11.4 Å². The number of ether oxygens (including phenoxy) is 2. The third kappa shape index (κ3) is 4.50. The van der Waals surface area contributed by atoms with Gasteiger partial charge in [0.05, 0.1) is 30.7 Å². The Morgan fingerprint density at radius 2 is 1.81 bits per heavy atom. The Kier molecular flexibility index (Phi) is 6.36. The number of aryl methyl sites for hydroxylation is 1. The molecule has 2 heterocycles. The molecule has 3 aromatic carbocycles. The number of hydrogen-bond donors (Lipinski definition) is 1. The van der Waals surface area contributed by atoms with Crippen LogP contribution in [0.15, 0.2) is 80.8 Å². The summed E-state index contributed by atoms with van der Waals surface area (Å²) in [6.07, 6.45) is 1.46. The van der Waals surface area contributed by atoms with E-state index in [1.54, 1.807) is 50.6 Å². The quantitative estimate of drug-likeness (QED) is 0.353. The summed E-state index contributed by atoms with van der Waals surface area (Å²) in [7, 11) is 3.12. The molecule has 2 aromatic heterocycles. The van der Waals surface area contributed by atoms with E-state index in [2.05, 4.69) is 15.1 Å². The zero-order chi connectivity index (χ0) is 25.1. The molecule has 1 N–H and O–H groups in total. The first-order valence-corrected chi connectivity index (χ1v) is 11.4. The second-order valence-electron chi connectivity index (χ2n) is 8.23. The number of benzene rings is 3. The Balaban J connectivity index is 1.42. The van der Waals surface area contributed by atoms with Crippen molar-refractivity contribution in [3.63, 3.8) is 0 Å². The number of aromatic nitrogens is 4. The van der Waals surface area contributed by atoms with Crippen LogP contribution in [0.4, 0.5) is 0 Å². The fourth-order valence-corrected chi connectivity index (χ4v) is 4.11. The second kappa shape index (κ2) is 9.91. The molecule has 9 heteroatoms. The van der Waals surface area contributed by atoms with Crippen LogP contribution in [0.5, 0.6) is 11.5 Å². The van der Waals surface area contributed by atoms with E-state index < -0.39 is 5.69 Å². The first kappa shape index (κ1) is 23.1. The molecule has 0 aliphatic rings. The molecular weight excluding hydrogens is 460 g/mol. The van der Waals surface area contributed by atoms with E-state index in [1.807, 2.05) is 30.3 Å². The van der Waals surface area contributed by atoms with Gasteiger partial charge < -0.3 is 19.0 Å². The summed E-state index contributed by atoms with van der Waals surface area (Å²) in [5.74, 6) is 1.77. The Hall–Kier alpha value is -4.66. The molecule has 36 heavy (non-hydrogen) atoms. The van der Waals surface area contributed by atoms with Crippen molar-refractivity contribution in [3.8, 4) is 34.3 Å². The number of methoxy groups -OCH3 is 2. The number of hydrogen-bond acceptors (Lipinski definition) is 7. The van der Waals surface area contributed by atoms with Crippen molar-refractivity contribution in [2.45, 2.75) is 19.4 Å². The van der Waals surface area contributed by atoms with Gasteiger partial charge in [-0.1, -0.05) is 35.5 Å². The molecule has 0 fully saturated rings. The van der Waals surface area contributed by atoms with Gasteiger partial charge in [-0.3, -0.25) is 9.36 Å². The van der Waals surface area contributed by atoms with Crippen molar-refractivity contribution in [2.24, 2.45) is 0 Å². The summed E-state index contributed by atoms with van der Waals surface area (Å²) in [6.45, 7) is 0.331. The Bertz CT molecular complexity index is 1640. The first-order chi connectivity index (χ1) is 17.6. The third-order valence-electron chi connectivity index (χ3n) is 5.99. The molecule has 0 spiro atoms. The van der Waals surface area contributed by atoms with Crippen LogP contribution in [-0.4, -0.2) is 33.9 Å². The monoisotopic (exact) mass is 484 g/mol. The Labute approximate surface area is 205 Å². The molecule has 0 aliphatic heterocycles. The van der Waals surface area contributed by atoms with Crippen molar-refractivity contribution in [3.05, 3.63) is 93.1 Å². The highest BCUT2D eigenvalue weighted by molar-refractivity contribution is 5.82. The van der Waals surface area contributed by atoms with Crippen LogP contribution in [0.3, 0.4) is 0 Å². The number of nitrogens with zero attached hydrogens (tertiary/aromatic N) is 3. The van der Waals surface area contributed by atoms with Crippen molar-refractivity contribution in [1.82, 2.24) is 19.7 Å². The van der Waals surface area contributed by atoms with E-state index in [9.17, 15) is 9.59 Å². The van der Waals surface area contributed by atoms with Crippen molar-refractivity contribution >= 4 is 10.9 Å².